The lowest BCUT2D eigenvalue weighted by atomic mass is 10.1. The van der Waals surface area contributed by atoms with Gasteiger partial charge in [-0.25, -0.2) is 4.98 Å². The van der Waals surface area contributed by atoms with E-state index in [0.29, 0.717) is 0 Å². The Hall–Kier alpha value is -2.07. The van der Waals surface area contributed by atoms with Crippen molar-refractivity contribution in [3.8, 4) is 0 Å². The second-order valence-corrected chi connectivity index (χ2v) is 6.22. The molecule has 3 aromatic rings. The Morgan fingerprint density at radius 3 is 2.68 bits per heavy atom. The molecule has 0 bridgehead atoms. The van der Waals surface area contributed by atoms with Gasteiger partial charge in [0.1, 0.15) is 0 Å². The highest BCUT2D eigenvalue weighted by atomic mass is 79.9. The van der Waals surface area contributed by atoms with E-state index >= 15 is 0 Å². The van der Waals surface area contributed by atoms with Crippen molar-refractivity contribution >= 4 is 33.3 Å². The smallest absolute Gasteiger partial charge is 0.160 e. The van der Waals surface area contributed by atoms with Gasteiger partial charge in [-0.2, -0.15) is 0 Å². The number of nitrogens with zero attached hydrogens (tertiary/aromatic N) is 2. The highest BCUT2D eigenvalue weighted by Gasteiger charge is 2.13. The Balaban J connectivity index is 1.96. The van der Waals surface area contributed by atoms with Crippen LogP contribution >= 0.6 is 15.9 Å². The van der Waals surface area contributed by atoms with E-state index in [4.69, 9.17) is 5.73 Å². The molecular formula is C18H18BrN3. The zero-order valence-corrected chi connectivity index (χ0v) is 14.3. The van der Waals surface area contributed by atoms with Crippen LogP contribution in [0.2, 0.25) is 0 Å². The van der Waals surface area contributed by atoms with Gasteiger partial charge in [-0.15, -0.1) is 0 Å². The average Bonchev–Trinajstić information content (AvgIpc) is 2.80. The van der Waals surface area contributed by atoms with E-state index in [0.717, 1.165) is 39.2 Å². The van der Waals surface area contributed by atoms with Crippen molar-refractivity contribution in [2.45, 2.75) is 20.3 Å². The van der Waals surface area contributed by atoms with Crippen LogP contribution in [-0.4, -0.2) is 9.38 Å². The predicted octanol–water partition coefficient (Wildman–Crippen LogP) is 4.55. The summed E-state index contributed by atoms with van der Waals surface area (Å²) in [6.45, 7) is 4.06. The van der Waals surface area contributed by atoms with Crippen LogP contribution in [0.5, 0.6) is 0 Å². The second-order valence-electron chi connectivity index (χ2n) is 5.36. The van der Waals surface area contributed by atoms with Gasteiger partial charge in [0.05, 0.1) is 11.4 Å². The van der Waals surface area contributed by atoms with Gasteiger partial charge in [-0.05, 0) is 47.3 Å². The Morgan fingerprint density at radius 1 is 1.23 bits per heavy atom. The fraction of sp³-hybridized carbons (Fsp3) is 0.167. The molecule has 112 valence electrons. The molecule has 0 atom stereocenters. The summed E-state index contributed by atoms with van der Waals surface area (Å²) >= 11 is 3.64. The molecule has 0 amide bonds. The van der Waals surface area contributed by atoms with E-state index in [9.17, 15) is 0 Å². The highest BCUT2D eigenvalue weighted by molar-refractivity contribution is 9.10. The van der Waals surface area contributed by atoms with Crippen molar-refractivity contribution in [2.75, 3.05) is 5.73 Å². The van der Waals surface area contributed by atoms with Gasteiger partial charge < -0.3 is 10.1 Å². The Morgan fingerprint density at radius 2 is 1.95 bits per heavy atom. The zero-order valence-electron chi connectivity index (χ0n) is 12.7. The van der Waals surface area contributed by atoms with Crippen molar-refractivity contribution in [3.63, 3.8) is 0 Å². The normalized spacial score (nSPS) is 11.6. The molecule has 4 heteroatoms. The predicted molar refractivity (Wildman–Crippen MR) is 96.0 cm³/mol. The summed E-state index contributed by atoms with van der Waals surface area (Å²) in [5.41, 5.74) is 12.3. The lowest BCUT2D eigenvalue weighted by Gasteiger charge is -2.09. The minimum Gasteiger partial charge on any atom is -0.395 e. The largest absolute Gasteiger partial charge is 0.395 e. The first-order valence-corrected chi connectivity index (χ1v) is 8.01. The number of fused-ring (bicyclic) bond motifs is 1. The number of hydrogen-bond donors (Lipinski definition) is 1. The summed E-state index contributed by atoms with van der Waals surface area (Å²) in [5.74, 6) is 0. The first-order chi connectivity index (χ1) is 10.6. The number of rotatable bonds is 3. The number of pyridine rings is 1. The second kappa shape index (κ2) is 5.97. The third-order valence-corrected chi connectivity index (χ3v) is 4.60. The number of allylic oxidation sites excluding steroid dienone is 1. The van der Waals surface area contributed by atoms with Crippen LogP contribution in [0.15, 0.2) is 47.1 Å². The number of benzene rings is 1. The maximum Gasteiger partial charge on any atom is 0.160 e. The van der Waals surface area contributed by atoms with Crippen LogP contribution < -0.4 is 5.73 Å². The molecule has 2 aromatic heterocycles. The molecule has 2 N–H and O–H groups in total. The summed E-state index contributed by atoms with van der Waals surface area (Å²) < 4.78 is 3.05. The first-order valence-electron chi connectivity index (χ1n) is 7.21. The molecule has 0 fully saturated rings. The lowest BCUT2D eigenvalue weighted by Crippen LogP contribution is -2.01. The van der Waals surface area contributed by atoms with E-state index in [-0.39, 0.29) is 0 Å². The minimum atomic E-state index is 0.739. The topological polar surface area (TPSA) is 43.3 Å². The number of nitrogen functional groups attached to an aromatic ring is 1. The number of nitrogens with two attached hydrogens (primary N) is 1. The van der Waals surface area contributed by atoms with Crippen LogP contribution in [0.3, 0.4) is 0 Å². The molecule has 0 spiro atoms. The summed E-state index contributed by atoms with van der Waals surface area (Å²) in [5, 5.41) is 0. The maximum absolute atomic E-state index is 6.33. The molecule has 0 saturated carbocycles. The van der Waals surface area contributed by atoms with Crippen molar-refractivity contribution in [2.24, 2.45) is 0 Å². The molecule has 1 aromatic carbocycles. The van der Waals surface area contributed by atoms with Crippen LogP contribution in [0, 0.1) is 13.8 Å². The fourth-order valence-electron chi connectivity index (χ4n) is 2.51. The van der Waals surface area contributed by atoms with Crippen molar-refractivity contribution in [1.29, 1.82) is 0 Å². The van der Waals surface area contributed by atoms with Crippen LogP contribution in [0.4, 0.5) is 5.69 Å². The van der Waals surface area contributed by atoms with Gasteiger partial charge in [-0.3, -0.25) is 0 Å². The summed E-state index contributed by atoms with van der Waals surface area (Å²) in [6.07, 6.45) is 7.05. The molecule has 0 aliphatic heterocycles. The third-order valence-electron chi connectivity index (χ3n) is 3.92. The molecule has 22 heavy (non-hydrogen) atoms. The summed E-state index contributed by atoms with van der Waals surface area (Å²) in [6, 6.07) is 10.2. The SMILES string of the molecule is Cc1nc2c(N)c(CC=Cc3ccccc3)c(Br)cn2c1C. The lowest BCUT2D eigenvalue weighted by molar-refractivity contribution is 1.07. The average molecular weight is 356 g/mol. The van der Waals surface area contributed by atoms with Gasteiger partial charge >= 0.3 is 0 Å². The van der Waals surface area contributed by atoms with E-state index in [2.05, 4.69) is 52.1 Å². The molecule has 0 unspecified atom stereocenters. The molecule has 0 saturated heterocycles. The van der Waals surface area contributed by atoms with Crippen LogP contribution in [-0.2, 0) is 6.42 Å². The summed E-state index contributed by atoms with van der Waals surface area (Å²) in [7, 11) is 0. The van der Waals surface area contributed by atoms with Gasteiger partial charge in [0.2, 0.25) is 0 Å². The quantitative estimate of drug-likeness (QED) is 0.748. The van der Waals surface area contributed by atoms with E-state index in [1.807, 2.05) is 35.7 Å². The fourth-order valence-corrected chi connectivity index (χ4v) is 3.09. The molecule has 0 radical (unpaired) electrons. The summed E-state index contributed by atoms with van der Waals surface area (Å²) in [4.78, 5) is 4.57. The number of anilines is 1. The molecule has 3 nitrogen and oxygen atoms in total. The zero-order chi connectivity index (χ0) is 15.7. The monoisotopic (exact) mass is 355 g/mol. The number of imidazole rings is 1. The number of hydrogen-bond acceptors (Lipinski definition) is 2. The molecule has 3 rings (SSSR count). The molecule has 2 heterocycles. The van der Waals surface area contributed by atoms with Crippen molar-refractivity contribution < 1.29 is 0 Å². The molecule has 0 aliphatic rings. The molecule has 0 aliphatic carbocycles. The maximum atomic E-state index is 6.33. The minimum absolute atomic E-state index is 0.739. The van der Waals surface area contributed by atoms with Gasteiger partial charge in [0.25, 0.3) is 0 Å². The Labute approximate surface area is 138 Å². The van der Waals surface area contributed by atoms with E-state index < -0.39 is 0 Å². The Bertz CT molecular complexity index is 848. The van der Waals surface area contributed by atoms with E-state index in [1.54, 1.807) is 0 Å². The van der Waals surface area contributed by atoms with Gasteiger partial charge in [-0.1, -0.05) is 42.5 Å². The number of aromatic nitrogens is 2. The van der Waals surface area contributed by atoms with Crippen molar-refractivity contribution in [1.82, 2.24) is 9.38 Å². The third kappa shape index (κ3) is 2.66. The number of aryl methyl sites for hydroxylation is 2. The van der Waals surface area contributed by atoms with Gasteiger partial charge in [0.15, 0.2) is 5.65 Å². The first kappa shape index (κ1) is 14.9. The Kier molecular flexibility index (Phi) is 4.03. The highest BCUT2D eigenvalue weighted by Crippen LogP contribution is 2.29. The van der Waals surface area contributed by atoms with Crippen LogP contribution in [0.1, 0.15) is 22.5 Å². The van der Waals surface area contributed by atoms with Crippen molar-refractivity contribution in [3.05, 3.63) is 69.6 Å². The van der Waals surface area contributed by atoms with Crippen LogP contribution in [0.25, 0.3) is 11.7 Å². The molecular weight excluding hydrogens is 338 g/mol. The number of halogens is 1. The standard InChI is InChI=1S/C18H18BrN3/c1-12-13(2)22-11-16(19)15(17(20)18(22)21-12)10-6-9-14-7-4-3-5-8-14/h3-9,11H,10,20H2,1-2H3. The van der Waals surface area contributed by atoms with Gasteiger partial charge in [0, 0.05) is 16.4 Å². The van der Waals surface area contributed by atoms with E-state index in [1.165, 1.54) is 5.56 Å².